The van der Waals surface area contributed by atoms with Crippen molar-refractivity contribution < 1.29 is 45.3 Å². The molecule has 0 saturated carbocycles. The lowest BCUT2D eigenvalue weighted by molar-refractivity contribution is -0.333. The lowest BCUT2D eigenvalue weighted by Gasteiger charge is -2.30. The molecule has 5 atom stereocenters. The molecule has 0 radical (unpaired) electrons. The fourth-order valence-electron chi connectivity index (χ4n) is 1.40. The lowest BCUT2D eigenvalue weighted by Crippen LogP contribution is -2.51. The number of carboxylic acid groups (broad SMARTS) is 2. The molecular formula is C10H17NO9-2. The van der Waals surface area contributed by atoms with Crippen molar-refractivity contribution >= 4 is 11.9 Å². The van der Waals surface area contributed by atoms with Crippen molar-refractivity contribution in [3.63, 3.8) is 0 Å². The highest BCUT2D eigenvalue weighted by Gasteiger charge is 2.29. The molecule has 1 fully saturated rings. The molecule has 1 heterocycles. The van der Waals surface area contributed by atoms with Gasteiger partial charge in [0.1, 0.15) is 12.2 Å². The Morgan fingerprint density at radius 1 is 1.10 bits per heavy atom. The van der Waals surface area contributed by atoms with Gasteiger partial charge in [-0.15, -0.1) is 0 Å². The van der Waals surface area contributed by atoms with E-state index < -0.39 is 36.4 Å². The Labute approximate surface area is 113 Å². The lowest BCUT2D eigenvalue weighted by atomic mass is 9.95. The molecule has 1 saturated heterocycles. The highest BCUT2D eigenvalue weighted by Crippen LogP contribution is 2.10. The van der Waals surface area contributed by atoms with Crippen molar-refractivity contribution in [1.82, 2.24) is 5.32 Å². The van der Waals surface area contributed by atoms with Crippen LogP contribution in [0, 0.1) is 5.92 Å². The first-order chi connectivity index (χ1) is 9.22. The van der Waals surface area contributed by atoms with Crippen LogP contribution in [0.15, 0.2) is 0 Å². The van der Waals surface area contributed by atoms with Crippen molar-refractivity contribution in [3.05, 3.63) is 0 Å². The Morgan fingerprint density at radius 3 is 1.85 bits per heavy atom. The van der Waals surface area contributed by atoms with Crippen LogP contribution in [0.2, 0.25) is 0 Å². The van der Waals surface area contributed by atoms with E-state index in [1.54, 1.807) is 0 Å². The standard InChI is InChI=1S/C6H13NO3.C4H6O6/c8-3-4-1-7-2-5(9)6(4)10;5-1(3(7)8)2(6)4(9)10/h4-10H,1-3H2;1-2,5-6H,(H,7,8)(H,9,10)/p-2/t4-,5-,6-;1-,2-/m11/s1. The summed E-state index contributed by atoms with van der Waals surface area (Å²) < 4.78 is 0. The first kappa shape index (κ1) is 18.7. The number of hydrogen-bond donors (Lipinski definition) is 6. The van der Waals surface area contributed by atoms with Crippen LogP contribution in [0.5, 0.6) is 0 Å². The van der Waals surface area contributed by atoms with Crippen LogP contribution in [0.3, 0.4) is 0 Å². The number of rotatable bonds is 4. The number of hydrogen-bond acceptors (Lipinski definition) is 10. The van der Waals surface area contributed by atoms with Gasteiger partial charge in [-0.3, -0.25) is 0 Å². The minimum atomic E-state index is -2.44. The van der Waals surface area contributed by atoms with E-state index in [4.69, 9.17) is 20.4 Å². The third-order valence-corrected chi connectivity index (χ3v) is 2.65. The largest absolute Gasteiger partial charge is 0.547 e. The number of β-amino-alcohol motifs (C(OH)–C–C–N with tert-alkyl or cyclic N) is 1. The minimum absolute atomic E-state index is 0.0781. The van der Waals surface area contributed by atoms with Gasteiger partial charge in [0.25, 0.3) is 0 Å². The van der Waals surface area contributed by atoms with Crippen LogP contribution in [0.4, 0.5) is 0 Å². The minimum Gasteiger partial charge on any atom is -0.547 e. The predicted molar refractivity (Wildman–Crippen MR) is 57.5 cm³/mol. The van der Waals surface area contributed by atoms with Gasteiger partial charge in [0.2, 0.25) is 0 Å². The van der Waals surface area contributed by atoms with Gasteiger partial charge in [-0.2, -0.15) is 0 Å². The van der Waals surface area contributed by atoms with E-state index in [9.17, 15) is 24.9 Å². The number of carbonyl (C=O) groups is 2. The second-order valence-electron chi connectivity index (χ2n) is 4.19. The molecule has 0 aliphatic carbocycles. The van der Waals surface area contributed by atoms with E-state index in [0.29, 0.717) is 13.1 Å². The number of aliphatic hydroxyl groups excluding tert-OH is 5. The van der Waals surface area contributed by atoms with Crippen molar-refractivity contribution in [2.24, 2.45) is 5.92 Å². The number of aliphatic carboxylic acids is 2. The molecular weight excluding hydrogens is 278 g/mol. The maximum atomic E-state index is 9.63. The second-order valence-corrected chi connectivity index (χ2v) is 4.19. The summed E-state index contributed by atoms with van der Waals surface area (Å²) in [4.78, 5) is 19.3. The number of carboxylic acids is 2. The smallest absolute Gasteiger partial charge is 0.124 e. The molecule has 0 spiro atoms. The van der Waals surface area contributed by atoms with Crippen LogP contribution < -0.4 is 15.5 Å². The Hall–Kier alpha value is -1.30. The Bertz CT molecular complexity index is 306. The van der Waals surface area contributed by atoms with E-state index in [0.717, 1.165) is 0 Å². The zero-order valence-electron chi connectivity index (χ0n) is 10.4. The molecule has 118 valence electrons. The Kier molecular flexibility index (Phi) is 8.22. The van der Waals surface area contributed by atoms with Crippen LogP contribution >= 0.6 is 0 Å². The molecule has 0 aromatic carbocycles. The van der Waals surface area contributed by atoms with Gasteiger partial charge in [-0.05, 0) is 0 Å². The summed E-state index contributed by atoms with van der Waals surface area (Å²) in [6.45, 7) is 0.914. The van der Waals surface area contributed by atoms with Gasteiger partial charge in [-0.1, -0.05) is 0 Å². The number of aliphatic hydroxyl groups is 5. The quantitative estimate of drug-likeness (QED) is 0.290. The summed E-state index contributed by atoms with van der Waals surface area (Å²) in [7, 11) is 0. The zero-order valence-corrected chi connectivity index (χ0v) is 10.4. The van der Waals surface area contributed by atoms with Gasteiger partial charge < -0.3 is 50.7 Å². The highest BCUT2D eigenvalue weighted by molar-refractivity contribution is 5.80. The first-order valence-electron chi connectivity index (χ1n) is 5.67. The molecule has 0 unspecified atom stereocenters. The predicted octanol–water partition coefficient (Wildman–Crippen LogP) is -6.87. The molecule has 10 heteroatoms. The summed E-state index contributed by atoms with van der Waals surface area (Å²) in [5.74, 6) is -4.34. The fraction of sp³-hybridized carbons (Fsp3) is 0.800. The van der Waals surface area contributed by atoms with Crippen LogP contribution in [0.25, 0.3) is 0 Å². The van der Waals surface area contributed by atoms with Crippen molar-refractivity contribution in [1.29, 1.82) is 0 Å². The van der Waals surface area contributed by atoms with Gasteiger partial charge in [0.05, 0.1) is 24.1 Å². The van der Waals surface area contributed by atoms with Crippen molar-refractivity contribution in [2.45, 2.75) is 24.4 Å². The normalized spacial score (nSPS) is 28.8. The first-order valence-corrected chi connectivity index (χ1v) is 5.67. The molecule has 1 rings (SSSR count). The Morgan fingerprint density at radius 2 is 1.55 bits per heavy atom. The van der Waals surface area contributed by atoms with Crippen LogP contribution in [-0.4, -0.2) is 81.6 Å². The van der Waals surface area contributed by atoms with E-state index in [1.165, 1.54) is 0 Å². The van der Waals surface area contributed by atoms with Crippen molar-refractivity contribution in [2.75, 3.05) is 19.7 Å². The molecule has 1 aliphatic heterocycles. The average molecular weight is 295 g/mol. The van der Waals surface area contributed by atoms with E-state index in [1.807, 2.05) is 0 Å². The molecule has 0 amide bonds. The van der Waals surface area contributed by atoms with E-state index >= 15 is 0 Å². The second kappa shape index (κ2) is 8.79. The molecule has 10 nitrogen and oxygen atoms in total. The van der Waals surface area contributed by atoms with E-state index in [-0.39, 0.29) is 12.5 Å². The molecule has 0 aromatic heterocycles. The summed E-state index contributed by atoms with van der Waals surface area (Å²) in [6, 6.07) is 0. The summed E-state index contributed by atoms with van der Waals surface area (Å²) in [5, 5.41) is 65.5. The summed E-state index contributed by atoms with van der Waals surface area (Å²) >= 11 is 0. The zero-order chi connectivity index (χ0) is 15.9. The maximum absolute atomic E-state index is 9.63. The van der Waals surface area contributed by atoms with Crippen molar-refractivity contribution in [3.8, 4) is 0 Å². The van der Waals surface area contributed by atoms with Gasteiger partial charge in [0.15, 0.2) is 0 Å². The molecule has 0 bridgehead atoms. The number of carbonyl (C=O) groups excluding carboxylic acids is 2. The Balaban J connectivity index is 0.000000361. The van der Waals surface area contributed by atoms with Gasteiger partial charge in [-0.25, -0.2) is 0 Å². The van der Waals surface area contributed by atoms with Gasteiger partial charge >= 0.3 is 0 Å². The summed E-state index contributed by atoms with van der Waals surface area (Å²) in [6.07, 6.45) is -6.38. The third kappa shape index (κ3) is 5.77. The summed E-state index contributed by atoms with van der Waals surface area (Å²) in [5.41, 5.74) is 0. The van der Waals surface area contributed by atoms with Gasteiger partial charge in [0, 0.05) is 25.6 Å². The van der Waals surface area contributed by atoms with Crippen LogP contribution in [0.1, 0.15) is 0 Å². The molecule has 0 aromatic rings. The third-order valence-electron chi connectivity index (χ3n) is 2.65. The average Bonchev–Trinajstić information content (AvgIpc) is 2.40. The topological polar surface area (TPSA) is 193 Å². The molecule has 20 heavy (non-hydrogen) atoms. The number of nitrogens with one attached hydrogen (secondary N) is 1. The maximum Gasteiger partial charge on any atom is 0.124 e. The fourth-order valence-corrected chi connectivity index (χ4v) is 1.40. The van der Waals surface area contributed by atoms with E-state index in [2.05, 4.69) is 5.32 Å². The number of piperidine rings is 1. The highest BCUT2D eigenvalue weighted by atomic mass is 16.4. The molecule has 1 aliphatic rings. The SMILES string of the molecule is O=C([O-])[C@H](O)[C@@H](O)C(=O)[O-].OC[C@H]1CNC[C@@H](O)[C@@H]1O. The van der Waals surface area contributed by atoms with Crippen LogP contribution in [-0.2, 0) is 9.59 Å². The monoisotopic (exact) mass is 295 g/mol. The molecule has 6 N–H and O–H groups in total.